The summed E-state index contributed by atoms with van der Waals surface area (Å²) in [5.74, 6) is 1.36. The molecule has 1 aliphatic rings. The minimum Gasteiger partial charge on any atom is -0.489 e. The Morgan fingerprint density at radius 1 is 1.29 bits per heavy atom. The molecule has 1 aromatic rings. The number of ether oxygens (including phenoxy) is 1. The van der Waals surface area contributed by atoms with Crippen molar-refractivity contribution in [1.82, 2.24) is 15.5 Å². The van der Waals surface area contributed by atoms with Gasteiger partial charge in [0.25, 0.3) is 0 Å². The molecule has 1 fully saturated rings. The summed E-state index contributed by atoms with van der Waals surface area (Å²) in [6.45, 7) is 8.96. The summed E-state index contributed by atoms with van der Waals surface area (Å²) in [7, 11) is 0. The van der Waals surface area contributed by atoms with Crippen LogP contribution >= 0.6 is 0 Å². The Morgan fingerprint density at radius 2 is 2.04 bits per heavy atom. The number of halogens is 1. The van der Waals surface area contributed by atoms with Crippen LogP contribution in [0.25, 0.3) is 0 Å². The van der Waals surface area contributed by atoms with E-state index >= 15 is 0 Å². The van der Waals surface area contributed by atoms with E-state index < -0.39 is 0 Å². The Kier molecular flexibility index (Phi) is 9.04. The Bertz CT molecular complexity index is 636. The van der Waals surface area contributed by atoms with E-state index in [1.54, 1.807) is 12.1 Å². The molecule has 28 heavy (non-hydrogen) atoms. The van der Waals surface area contributed by atoms with Crippen molar-refractivity contribution in [2.75, 3.05) is 26.2 Å². The van der Waals surface area contributed by atoms with E-state index in [4.69, 9.17) is 4.74 Å². The Balaban J connectivity index is 1.80. The smallest absolute Gasteiger partial charge is 0.222 e. The van der Waals surface area contributed by atoms with Gasteiger partial charge in [-0.15, -0.1) is 0 Å². The van der Waals surface area contributed by atoms with E-state index in [9.17, 15) is 9.18 Å². The third-order valence-electron chi connectivity index (χ3n) is 4.79. The molecule has 156 valence electrons. The number of nitrogens with zero attached hydrogens (tertiary/aromatic N) is 2. The van der Waals surface area contributed by atoms with Crippen molar-refractivity contribution in [3.05, 3.63) is 30.1 Å². The maximum atomic E-state index is 13.0. The zero-order valence-corrected chi connectivity index (χ0v) is 17.2. The van der Waals surface area contributed by atoms with Crippen molar-refractivity contribution in [2.24, 2.45) is 4.99 Å². The second-order valence-corrected chi connectivity index (χ2v) is 7.07. The fourth-order valence-electron chi connectivity index (χ4n) is 3.34. The van der Waals surface area contributed by atoms with Gasteiger partial charge in [-0.25, -0.2) is 9.38 Å². The van der Waals surface area contributed by atoms with Crippen LogP contribution in [0.2, 0.25) is 0 Å². The highest BCUT2D eigenvalue weighted by Gasteiger charge is 2.26. The highest BCUT2D eigenvalue weighted by atomic mass is 19.1. The van der Waals surface area contributed by atoms with Gasteiger partial charge >= 0.3 is 0 Å². The van der Waals surface area contributed by atoms with Crippen LogP contribution in [0, 0.1) is 5.82 Å². The normalized spacial score (nSPS) is 16.8. The zero-order valence-electron chi connectivity index (χ0n) is 17.2. The lowest BCUT2D eigenvalue weighted by Crippen LogP contribution is -2.42. The van der Waals surface area contributed by atoms with E-state index in [0.29, 0.717) is 18.7 Å². The SMILES string of the molecule is CCNC(=NCC(C)Oc1ccc(F)cc1)NCCC(CC)N1CCCC1=O. The number of likely N-dealkylation sites (tertiary alicyclic amines) is 1. The summed E-state index contributed by atoms with van der Waals surface area (Å²) in [4.78, 5) is 18.6. The number of hydrogen-bond donors (Lipinski definition) is 2. The molecule has 2 atom stereocenters. The topological polar surface area (TPSA) is 66.0 Å². The van der Waals surface area contributed by atoms with Crippen molar-refractivity contribution in [3.8, 4) is 5.75 Å². The standard InChI is InChI=1S/C21H33FN4O2/c1-4-18(26-14-6-7-20(26)27)12-13-24-21(23-5-2)25-15-16(3)28-19-10-8-17(22)9-11-19/h8-11,16,18H,4-7,12-15H2,1-3H3,(H2,23,24,25). The molecule has 1 saturated heterocycles. The van der Waals surface area contributed by atoms with Crippen molar-refractivity contribution >= 4 is 11.9 Å². The molecular weight excluding hydrogens is 359 g/mol. The van der Waals surface area contributed by atoms with Crippen LogP contribution in [-0.2, 0) is 4.79 Å². The molecule has 1 aromatic carbocycles. The molecule has 0 spiro atoms. The van der Waals surface area contributed by atoms with E-state index in [1.165, 1.54) is 12.1 Å². The summed E-state index contributed by atoms with van der Waals surface area (Å²) >= 11 is 0. The van der Waals surface area contributed by atoms with Crippen molar-refractivity contribution in [3.63, 3.8) is 0 Å². The maximum Gasteiger partial charge on any atom is 0.222 e. The van der Waals surface area contributed by atoms with Crippen molar-refractivity contribution < 1.29 is 13.9 Å². The second kappa shape index (κ2) is 11.5. The molecule has 1 aliphatic heterocycles. The molecule has 0 radical (unpaired) electrons. The van der Waals surface area contributed by atoms with Gasteiger partial charge in [0.1, 0.15) is 17.7 Å². The monoisotopic (exact) mass is 392 g/mol. The van der Waals surface area contributed by atoms with Gasteiger partial charge in [-0.3, -0.25) is 4.79 Å². The number of guanidine groups is 1. The third-order valence-corrected chi connectivity index (χ3v) is 4.79. The first kappa shape index (κ1) is 22.0. The molecular formula is C21H33FN4O2. The van der Waals surface area contributed by atoms with E-state index in [0.717, 1.165) is 44.9 Å². The van der Waals surface area contributed by atoms with Gasteiger partial charge in [0.2, 0.25) is 5.91 Å². The van der Waals surface area contributed by atoms with Gasteiger partial charge in [-0.2, -0.15) is 0 Å². The largest absolute Gasteiger partial charge is 0.489 e. The lowest BCUT2D eigenvalue weighted by atomic mass is 10.1. The number of aliphatic imine (C=N–C) groups is 1. The molecule has 2 N–H and O–H groups in total. The van der Waals surface area contributed by atoms with Crippen LogP contribution in [0.1, 0.15) is 46.5 Å². The molecule has 7 heteroatoms. The quantitative estimate of drug-likeness (QED) is 0.475. The number of amides is 1. The Hall–Kier alpha value is -2.31. The summed E-state index contributed by atoms with van der Waals surface area (Å²) in [5, 5.41) is 6.58. The lowest BCUT2D eigenvalue weighted by molar-refractivity contribution is -0.129. The molecule has 2 rings (SSSR count). The van der Waals surface area contributed by atoms with Crippen LogP contribution in [-0.4, -0.2) is 55.1 Å². The predicted molar refractivity (Wildman–Crippen MR) is 110 cm³/mol. The molecule has 0 aliphatic carbocycles. The van der Waals surface area contributed by atoms with E-state index in [-0.39, 0.29) is 23.9 Å². The predicted octanol–water partition coefficient (Wildman–Crippen LogP) is 2.94. The average Bonchev–Trinajstić information content (AvgIpc) is 3.11. The first-order chi connectivity index (χ1) is 13.5. The molecule has 0 saturated carbocycles. The number of hydrogen-bond acceptors (Lipinski definition) is 3. The second-order valence-electron chi connectivity index (χ2n) is 7.07. The van der Waals surface area contributed by atoms with E-state index in [2.05, 4.69) is 22.5 Å². The van der Waals surface area contributed by atoms with Crippen LogP contribution in [0.15, 0.2) is 29.3 Å². The minimum absolute atomic E-state index is 0.133. The molecule has 0 aromatic heterocycles. The Morgan fingerprint density at radius 3 is 2.64 bits per heavy atom. The minimum atomic E-state index is -0.280. The van der Waals surface area contributed by atoms with Gasteiger partial charge in [0.05, 0.1) is 6.54 Å². The van der Waals surface area contributed by atoms with E-state index in [1.807, 2.05) is 18.7 Å². The van der Waals surface area contributed by atoms with Crippen LogP contribution in [0.3, 0.4) is 0 Å². The molecule has 1 amide bonds. The fraction of sp³-hybridized carbons (Fsp3) is 0.619. The number of rotatable bonds is 10. The van der Waals surface area contributed by atoms with Gasteiger partial charge in [0, 0.05) is 32.1 Å². The van der Waals surface area contributed by atoms with Gasteiger partial charge in [0.15, 0.2) is 5.96 Å². The van der Waals surface area contributed by atoms with Gasteiger partial charge in [-0.05, 0) is 57.4 Å². The third kappa shape index (κ3) is 7.02. The van der Waals surface area contributed by atoms with Crippen molar-refractivity contribution in [1.29, 1.82) is 0 Å². The summed E-state index contributed by atoms with van der Waals surface area (Å²) in [6.07, 6.45) is 3.38. The van der Waals surface area contributed by atoms with Crippen molar-refractivity contribution in [2.45, 2.75) is 58.6 Å². The van der Waals surface area contributed by atoms with Gasteiger partial charge in [-0.1, -0.05) is 6.92 Å². The summed E-state index contributed by atoms with van der Waals surface area (Å²) < 4.78 is 18.7. The lowest BCUT2D eigenvalue weighted by Gasteiger charge is -2.27. The number of benzene rings is 1. The number of carbonyl (C=O) groups excluding carboxylic acids is 1. The first-order valence-corrected chi connectivity index (χ1v) is 10.3. The zero-order chi connectivity index (χ0) is 20.4. The van der Waals surface area contributed by atoms with Gasteiger partial charge < -0.3 is 20.3 Å². The molecule has 1 heterocycles. The fourth-order valence-corrected chi connectivity index (χ4v) is 3.34. The van der Waals surface area contributed by atoms with Crippen LogP contribution in [0.5, 0.6) is 5.75 Å². The van der Waals surface area contributed by atoms with Crippen LogP contribution < -0.4 is 15.4 Å². The Labute approximate surface area is 167 Å². The average molecular weight is 393 g/mol. The first-order valence-electron chi connectivity index (χ1n) is 10.3. The molecule has 6 nitrogen and oxygen atoms in total. The molecule has 2 unspecified atom stereocenters. The molecule has 0 bridgehead atoms. The maximum absolute atomic E-state index is 13.0. The summed E-state index contributed by atoms with van der Waals surface area (Å²) in [6, 6.07) is 6.27. The number of carbonyl (C=O) groups is 1. The number of nitrogens with one attached hydrogen (secondary N) is 2. The highest BCUT2D eigenvalue weighted by Crippen LogP contribution is 2.17. The van der Waals surface area contributed by atoms with Crippen LogP contribution in [0.4, 0.5) is 4.39 Å². The highest BCUT2D eigenvalue weighted by molar-refractivity contribution is 5.80. The summed E-state index contributed by atoms with van der Waals surface area (Å²) in [5.41, 5.74) is 0.